The number of aromatic nitrogens is 2. The molecule has 1 saturated carbocycles. The molecule has 3 heterocycles. The minimum Gasteiger partial charge on any atom is -0.497 e. The summed E-state index contributed by atoms with van der Waals surface area (Å²) in [6.07, 6.45) is 4.63. The average Bonchev–Trinajstić information content (AvgIpc) is 3.72. The number of ether oxygens (including phenoxy) is 2. The Morgan fingerprint density at radius 3 is 2.75 bits per heavy atom. The van der Waals surface area contributed by atoms with Crippen molar-refractivity contribution in [2.75, 3.05) is 25.6 Å². The Balaban J connectivity index is 1.19. The van der Waals surface area contributed by atoms with Crippen LogP contribution in [0.3, 0.4) is 0 Å². The molecule has 6 rings (SSSR count). The van der Waals surface area contributed by atoms with Crippen molar-refractivity contribution in [1.29, 1.82) is 0 Å². The highest BCUT2D eigenvalue weighted by molar-refractivity contribution is 6.33. The van der Waals surface area contributed by atoms with Crippen molar-refractivity contribution >= 4 is 29.4 Å². The van der Waals surface area contributed by atoms with Crippen LogP contribution in [-0.2, 0) is 16.1 Å². The molecule has 0 spiro atoms. The first kappa shape index (κ1) is 26.5. The van der Waals surface area contributed by atoms with Gasteiger partial charge in [0.2, 0.25) is 11.9 Å². The minimum absolute atomic E-state index is 0.133. The first-order chi connectivity index (χ1) is 19.4. The summed E-state index contributed by atoms with van der Waals surface area (Å²) in [5, 5.41) is 6.90. The van der Waals surface area contributed by atoms with Gasteiger partial charge in [0.25, 0.3) is 5.91 Å². The van der Waals surface area contributed by atoms with E-state index in [9.17, 15) is 9.59 Å². The minimum atomic E-state index is -0.837. The quantitative estimate of drug-likeness (QED) is 0.408. The van der Waals surface area contributed by atoms with Gasteiger partial charge in [0.1, 0.15) is 11.3 Å². The summed E-state index contributed by atoms with van der Waals surface area (Å²) in [6, 6.07) is 13.3. The molecule has 3 aliphatic rings. The Bertz CT molecular complexity index is 1450. The first-order valence-electron chi connectivity index (χ1n) is 13.6. The maximum atomic E-state index is 13.7. The van der Waals surface area contributed by atoms with Crippen molar-refractivity contribution in [2.24, 2.45) is 0 Å². The number of nitrogens with zero attached hydrogens (tertiary/aromatic N) is 3. The Morgan fingerprint density at radius 1 is 1.20 bits per heavy atom. The highest BCUT2D eigenvalue weighted by Gasteiger charge is 2.58. The molecule has 2 amide bonds. The lowest BCUT2D eigenvalue weighted by Crippen LogP contribution is -2.49. The van der Waals surface area contributed by atoms with E-state index in [2.05, 4.69) is 20.6 Å². The van der Waals surface area contributed by atoms with Crippen LogP contribution in [-0.4, -0.2) is 58.6 Å². The van der Waals surface area contributed by atoms with Gasteiger partial charge >= 0.3 is 0 Å². The van der Waals surface area contributed by atoms with Gasteiger partial charge in [-0.2, -0.15) is 0 Å². The normalized spacial score (nSPS) is 18.7. The third-order valence-corrected chi connectivity index (χ3v) is 8.37. The number of hydrogen-bond acceptors (Lipinski definition) is 7. The summed E-state index contributed by atoms with van der Waals surface area (Å²) in [5.41, 5.74) is 2.86. The van der Waals surface area contributed by atoms with Crippen molar-refractivity contribution in [1.82, 2.24) is 20.2 Å². The van der Waals surface area contributed by atoms with Crippen LogP contribution < -0.4 is 15.4 Å². The van der Waals surface area contributed by atoms with Gasteiger partial charge < -0.3 is 25.0 Å². The maximum absolute atomic E-state index is 13.7. The highest BCUT2D eigenvalue weighted by atomic mass is 35.5. The molecule has 9 nitrogen and oxygen atoms in total. The predicted molar refractivity (Wildman–Crippen MR) is 151 cm³/mol. The van der Waals surface area contributed by atoms with E-state index >= 15 is 0 Å². The number of halogens is 1. The number of methoxy groups -OCH3 is 1. The van der Waals surface area contributed by atoms with Crippen molar-refractivity contribution in [3.63, 3.8) is 0 Å². The fourth-order valence-corrected chi connectivity index (χ4v) is 5.72. The van der Waals surface area contributed by atoms with Crippen LogP contribution in [0.4, 0.5) is 5.95 Å². The fraction of sp³-hybridized carbons (Fsp3) is 0.400. The Kier molecular flexibility index (Phi) is 7.10. The van der Waals surface area contributed by atoms with Crippen LogP contribution >= 0.6 is 11.6 Å². The van der Waals surface area contributed by atoms with Crippen LogP contribution in [0, 0.1) is 0 Å². The number of anilines is 1. The van der Waals surface area contributed by atoms with Crippen molar-refractivity contribution in [2.45, 2.75) is 56.8 Å². The molecule has 0 unspecified atom stereocenters. The lowest BCUT2D eigenvalue weighted by atomic mass is 10.0. The number of benzene rings is 2. The second-order valence-corrected chi connectivity index (χ2v) is 11.1. The van der Waals surface area contributed by atoms with Crippen LogP contribution in [0.2, 0.25) is 5.02 Å². The van der Waals surface area contributed by atoms with E-state index in [1.54, 1.807) is 18.2 Å². The number of rotatable bonds is 8. The SMILES string of the molecule is COc1cccc([C@@H](C)NC(=O)C2(N3Cc4ccc(-c5nc(NC6CCOCC6)ncc5Cl)cc4C3=O)CC2)c1. The highest BCUT2D eigenvalue weighted by Crippen LogP contribution is 2.47. The molecule has 2 N–H and O–H groups in total. The molecule has 10 heteroatoms. The zero-order valence-corrected chi connectivity index (χ0v) is 23.3. The second-order valence-electron chi connectivity index (χ2n) is 10.7. The molecule has 1 saturated heterocycles. The molecular formula is C30H32ClN5O4. The van der Waals surface area contributed by atoms with Gasteiger partial charge in [0.15, 0.2) is 0 Å². The molecule has 1 aromatic heterocycles. The van der Waals surface area contributed by atoms with Crippen molar-refractivity contribution in [3.05, 3.63) is 70.4 Å². The summed E-state index contributed by atoms with van der Waals surface area (Å²) >= 11 is 6.50. The topological polar surface area (TPSA) is 106 Å². The van der Waals surface area contributed by atoms with Gasteiger partial charge in [-0.3, -0.25) is 9.59 Å². The number of carbonyl (C=O) groups is 2. The Hall–Kier alpha value is -3.69. The number of nitrogens with one attached hydrogen (secondary N) is 2. The smallest absolute Gasteiger partial charge is 0.255 e. The molecule has 2 aliphatic heterocycles. The maximum Gasteiger partial charge on any atom is 0.255 e. The lowest BCUT2D eigenvalue weighted by molar-refractivity contribution is -0.127. The molecule has 0 radical (unpaired) electrons. The first-order valence-corrected chi connectivity index (χ1v) is 14.0. The van der Waals surface area contributed by atoms with Crippen LogP contribution in [0.25, 0.3) is 11.3 Å². The van der Waals surface area contributed by atoms with E-state index in [0.717, 1.165) is 35.3 Å². The van der Waals surface area contributed by atoms with Gasteiger partial charge in [-0.25, -0.2) is 9.97 Å². The molecule has 40 heavy (non-hydrogen) atoms. The van der Waals surface area contributed by atoms with E-state index in [4.69, 9.17) is 21.1 Å². The van der Waals surface area contributed by atoms with Crippen molar-refractivity contribution in [3.8, 4) is 17.0 Å². The molecule has 1 aliphatic carbocycles. The van der Waals surface area contributed by atoms with Crippen LogP contribution in [0.1, 0.15) is 60.1 Å². The van der Waals surface area contributed by atoms with Crippen LogP contribution in [0.5, 0.6) is 5.75 Å². The number of fused-ring (bicyclic) bond motifs is 1. The van der Waals surface area contributed by atoms with E-state index < -0.39 is 5.54 Å². The summed E-state index contributed by atoms with van der Waals surface area (Å²) < 4.78 is 10.8. The molecule has 2 fully saturated rings. The summed E-state index contributed by atoms with van der Waals surface area (Å²) in [4.78, 5) is 37.9. The summed E-state index contributed by atoms with van der Waals surface area (Å²) in [7, 11) is 1.62. The van der Waals surface area contributed by atoms with Gasteiger partial charge in [0.05, 0.1) is 30.1 Å². The summed E-state index contributed by atoms with van der Waals surface area (Å²) in [5.74, 6) is 0.950. The molecular weight excluding hydrogens is 530 g/mol. The molecule has 208 valence electrons. The summed E-state index contributed by atoms with van der Waals surface area (Å²) in [6.45, 7) is 3.75. The fourth-order valence-electron chi connectivity index (χ4n) is 5.52. The number of hydrogen-bond donors (Lipinski definition) is 2. The second kappa shape index (κ2) is 10.7. The zero-order valence-electron chi connectivity index (χ0n) is 22.6. The van der Waals surface area contributed by atoms with Gasteiger partial charge in [-0.05, 0) is 61.9 Å². The van der Waals surface area contributed by atoms with E-state index in [1.165, 1.54) is 0 Å². The monoisotopic (exact) mass is 561 g/mol. The van der Waals surface area contributed by atoms with E-state index in [0.29, 0.717) is 54.8 Å². The zero-order chi connectivity index (χ0) is 27.9. The molecule has 3 aromatic rings. The number of carbonyl (C=O) groups excluding carboxylic acids is 2. The third kappa shape index (κ3) is 4.99. The van der Waals surface area contributed by atoms with Gasteiger partial charge in [-0.1, -0.05) is 35.9 Å². The molecule has 2 aromatic carbocycles. The average molecular weight is 562 g/mol. The largest absolute Gasteiger partial charge is 0.497 e. The number of amides is 2. The van der Waals surface area contributed by atoms with E-state index in [-0.39, 0.29) is 23.9 Å². The lowest BCUT2D eigenvalue weighted by Gasteiger charge is -2.28. The standard InChI is InChI=1S/C30H32ClN5O4/c1-18(19-4-3-5-23(14-19)39-2)33-28(38)30(10-11-30)36-17-21-7-6-20(15-24(21)27(36)37)26-25(31)16-32-29(35-26)34-22-8-12-40-13-9-22/h3-7,14-16,18,22H,8-13,17H2,1-2H3,(H,33,38)(H,32,34,35)/t18-/m1/s1. The Morgan fingerprint density at radius 2 is 2.00 bits per heavy atom. The Labute approximate surface area is 238 Å². The molecule has 1 atom stereocenters. The van der Waals surface area contributed by atoms with Gasteiger partial charge in [-0.15, -0.1) is 0 Å². The van der Waals surface area contributed by atoms with Gasteiger partial charge in [0, 0.05) is 36.9 Å². The van der Waals surface area contributed by atoms with Crippen LogP contribution in [0.15, 0.2) is 48.7 Å². The third-order valence-electron chi connectivity index (χ3n) is 8.09. The molecule has 0 bridgehead atoms. The van der Waals surface area contributed by atoms with E-state index in [1.807, 2.05) is 49.4 Å². The van der Waals surface area contributed by atoms with Crippen molar-refractivity contribution < 1.29 is 19.1 Å². The predicted octanol–water partition coefficient (Wildman–Crippen LogP) is 4.76.